The van der Waals surface area contributed by atoms with Gasteiger partial charge in [-0.25, -0.2) is 13.4 Å². The highest BCUT2D eigenvalue weighted by Crippen LogP contribution is 2.34. The minimum absolute atomic E-state index is 0.0305. The summed E-state index contributed by atoms with van der Waals surface area (Å²) >= 11 is 0. The second kappa shape index (κ2) is 10.6. The van der Waals surface area contributed by atoms with E-state index in [1.165, 1.54) is 41.1 Å². The smallest absolute Gasteiger partial charge is 0.275 e. The maximum Gasteiger partial charge on any atom is 0.275 e. The van der Waals surface area contributed by atoms with Gasteiger partial charge in [-0.15, -0.1) is 0 Å². The van der Waals surface area contributed by atoms with Gasteiger partial charge in [-0.05, 0) is 49.4 Å². The fraction of sp³-hybridized carbons (Fsp3) is 0.261. The van der Waals surface area contributed by atoms with E-state index < -0.39 is 15.9 Å². The molecule has 0 spiro atoms. The number of nitrogens with zero attached hydrogens (tertiary/aromatic N) is 3. The van der Waals surface area contributed by atoms with Gasteiger partial charge in [0.25, 0.3) is 5.91 Å². The first-order valence-corrected chi connectivity index (χ1v) is 12.1. The predicted octanol–water partition coefficient (Wildman–Crippen LogP) is 2.94. The first-order chi connectivity index (χ1) is 16.5. The molecule has 1 aliphatic heterocycles. The van der Waals surface area contributed by atoms with Gasteiger partial charge in [-0.1, -0.05) is 0 Å². The molecule has 1 aromatic heterocycles. The normalized spacial score (nSPS) is 14.4. The SMILES string of the molecule is CCOc1ccc(Oc2ccc(S(=O)(=O)N3CCOCC3)cc2NC(=O)c2cnccn2)cc1. The number of aromatic nitrogens is 2. The molecule has 1 aliphatic rings. The molecule has 1 fully saturated rings. The van der Waals surface area contributed by atoms with Gasteiger partial charge in [0.15, 0.2) is 5.75 Å². The third-order valence-electron chi connectivity index (χ3n) is 4.97. The van der Waals surface area contributed by atoms with Crippen molar-refractivity contribution in [2.24, 2.45) is 0 Å². The zero-order chi connectivity index (χ0) is 24.0. The van der Waals surface area contributed by atoms with Gasteiger partial charge in [-0.3, -0.25) is 9.78 Å². The molecule has 10 nitrogen and oxygen atoms in total. The van der Waals surface area contributed by atoms with Gasteiger partial charge in [0.1, 0.15) is 17.2 Å². The number of carbonyl (C=O) groups is 1. The number of anilines is 1. The molecule has 0 atom stereocenters. The van der Waals surface area contributed by atoms with Crippen LogP contribution in [0, 0.1) is 0 Å². The van der Waals surface area contributed by atoms with E-state index in [0.29, 0.717) is 31.3 Å². The molecule has 4 rings (SSSR count). The average molecular weight is 485 g/mol. The average Bonchev–Trinajstić information content (AvgIpc) is 2.87. The van der Waals surface area contributed by atoms with E-state index in [1.807, 2.05) is 6.92 Å². The van der Waals surface area contributed by atoms with Gasteiger partial charge in [0, 0.05) is 25.5 Å². The molecule has 0 unspecified atom stereocenters. The molecule has 1 N–H and O–H groups in total. The highest BCUT2D eigenvalue weighted by Gasteiger charge is 2.27. The number of carbonyl (C=O) groups excluding carboxylic acids is 1. The summed E-state index contributed by atoms with van der Waals surface area (Å²) in [6, 6.07) is 11.3. The van der Waals surface area contributed by atoms with E-state index in [2.05, 4.69) is 15.3 Å². The summed E-state index contributed by atoms with van der Waals surface area (Å²) < 4.78 is 44.3. The molecule has 0 aliphatic carbocycles. The van der Waals surface area contributed by atoms with Crippen LogP contribution in [0.25, 0.3) is 0 Å². The molecule has 0 saturated carbocycles. The Morgan fingerprint density at radius 1 is 1.09 bits per heavy atom. The number of nitrogens with one attached hydrogen (secondary N) is 1. The Kier molecular flexibility index (Phi) is 7.36. The predicted molar refractivity (Wildman–Crippen MR) is 124 cm³/mol. The van der Waals surface area contributed by atoms with Crippen molar-refractivity contribution >= 4 is 21.6 Å². The summed E-state index contributed by atoms with van der Waals surface area (Å²) in [6.07, 6.45) is 4.16. The lowest BCUT2D eigenvalue weighted by molar-refractivity contribution is 0.0730. The van der Waals surface area contributed by atoms with Crippen molar-refractivity contribution in [3.05, 3.63) is 66.7 Å². The van der Waals surface area contributed by atoms with Crippen LogP contribution in [-0.4, -0.2) is 61.5 Å². The summed E-state index contributed by atoms with van der Waals surface area (Å²) in [7, 11) is -3.78. The number of ether oxygens (including phenoxy) is 3. The molecule has 3 aromatic rings. The van der Waals surface area contributed by atoms with Crippen LogP contribution in [0.15, 0.2) is 66.0 Å². The van der Waals surface area contributed by atoms with Gasteiger partial charge in [0.2, 0.25) is 10.0 Å². The fourth-order valence-corrected chi connectivity index (χ4v) is 4.73. The van der Waals surface area contributed by atoms with Crippen LogP contribution in [-0.2, 0) is 14.8 Å². The largest absolute Gasteiger partial charge is 0.494 e. The van der Waals surface area contributed by atoms with E-state index in [0.717, 1.165) is 0 Å². The number of sulfonamides is 1. The van der Waals surface area contributed by atoms with Crippen molar-refractivity contribution in [2.45, 2.75) is 11.8 Å². The minimum atomic E-state index is -3.78. The van der Waals surface area contributed by atoms with Crippen molar-refractivity contribution in [1.29, 1.82) is 0 Å². The zero-order valence-electron chi connectivity index (χ0n) is 18.5. The lowest BCUT2D eigenvalue weighted by Gasteiger charge is -2.26. The first kappa shape index (κ1) is 23.6. The second-order valence-corrected chi connectivity index (χ2v) is 9.16. The van der Waals surface area contributed by atoms with Gasteiger partial charge >= 0.3 is 0 Å². The van der Waals surface area contributed by atoms with Crippen LogP contribution in [0.3, 0.4) is 0 Å². The van der Waals surface area contributed by atoms with Crippen molar-refractivity contribution in [3.8, 4) is 17.2 Å². The molecule has 2 heterocycles. The Hall–Kier alpha value is -3.54. The van der Waals surface area contributed by atoms with Gasteiger partial charge in [-0.2, -0.15) is 4.31 Å². The third kappa shape index (κ3) is 5.50. The molecule has 0 radical (unpaired) electrons. The van der Waals surface area contributed by atoms with Crippen molar-refractivity contribution in [3.63, 3.8) is 0 Å². The summed E-state index contributed by atoms with van der Waals surface area (Å²) in [5.41, 5.74) is 0.259. The number of amides is 1. The highest BCUT2D eigenvalue weighted by molar-refractivity contribution is 7.89. The van der Waals surface area contributed by atoms with Crippen LogP contribution in [0.2, 0.25) is 0 Å². The Labute approximate surface area is 197 Å². The van der Waals surface area contributed by atoms with Crippen molar-refractivity contribution in [1.82, 2.24) is 14.3 Å². The maximum atomic E-state index is 13.1. The third-order valence-corrected chi connectivity index (χ3v) is 6.86. The maximum absolute atomic E-state index is 13.1. The summed E-state index contributed by atoms with van der Waals surface area (Å²) in [6.45, 7) is 3.60. The summed E-state index contributed by atoms with van der Waals surface area (Å²) in [5.74, 6) is 0.896. The standard InChI is InChI=1S/C23H24N4O6S/c1-2-32-17-3-5-18(6-4-17)33-22-8-7-19(34(29,30)27-11-13-31-14-12-27)15-20(22)26-23(28)21-16-24-9-10-25-21/h3-10,15-16H,2,11-14H2,1H3,(H,26,28). The van der Waals surface area contributed by atoms with Crippen LogP contribution in [0.1, 0.15) is 17.4 Å². The molecule has 1 saturated heterocycles. The number of rotatable bonds is 8. The monoisotopic (exact) mass is 484 g/mol. The van der Waals surface area contributed by atoms with E-state index in [1.54, 1.807) is 24.3 Å². The first-order valence-electron chi connectivity index (χ1n) is 10.7. The van der Waals surface area contributed by atoms with E-state index >= 15 is 0 Å². The van der Waals surface area contributed by atoms with E-state index in [-0.39, 0.29) is 35.1 Å². The molecule has 0 bridgehead atoms. The molecule has 178 valence electrons. The van der Waals surface area contributed by atoms with Crippen LogP contribution >= 0.6 is 0 Å². The van der Waals surface area contributed by atoms with Gasteiger partial charge < -0.3 is 19.5 Å². The molecular weight excluding hydrogens is 460 g/mol. The zero-order valence-corrected chi connectivity index (χ0v) is 19.3. The minimum Gasteiger partial charge on any atom is -0.494 e. The quantitative estimate of drug-likeness (QED) is 0.518. The Balaban J connectivity index is 1.66. The van der Waals surface area contributed by atoms with Crippen molar-refractivity contribution in [2.75, 3.05) is 38.2 Å². The number of benzene rings is 2. The Morgan fingerprint density at radius 3 is 2.50 bits per heavy atom. The number of hydrogen-bond acceptors (Lipinski definition) is 8. The van der Waals surface area contributed by atoms with Crippen LogP contribution in [0.4, 0.5) is 5.69 Å². The highest BCUT2D eigenvalue weighted by atomic mass is 32.2. The van der Waals surface area contributed by atoms with Crippen molar-refractivity contribution < 1.29 is 27.4 Å². The van der Waals surface area contributed by atoms with Crippen LogP contribution in [0.5, 0.6) is 17.2 Å². The summed E-state index contributed by atoms with van der Waals surface area (Å²) in [5, 5.41) is 2.70. The Bertz CT molecular complexity index is 1230. The Morgan fingerprint density at radius 2 is 1.82 bits per heavy atom. The number of hydrogen-bond donors (Lipinski definition) is 1. The lowest BCUT2D eigenvalue weighted by atomic mass is 10.2. The molecular formula is C23H24N4O6S. The topological polar surface area (TPSA) is 120 Å². The molecule has 11 heteroatoms. The van der Waals surface area contributed by atoms with Gasteiger partial charge in [0.05, 0.1) is 36.6 Å². The molecule has 2 aromatic carbocycles. The fourth-order valence-electron chi connectivity index (χ4n) is 3.29. The van der Waals surface area contributed by atoms with E-state index in [9.17, 15) is 13.2 Å². The van der Waals surface area contributed by atoms with Crippen LogP contribution < -0.4 is 14.8 Å². The molecule has 1 amide bonds. The van der Waals surface area contributed by atoms with E-state index in [4.69, 9.17) is 14.2 Å². The summed E-state index contributed by atoms with van der Waals surface area (Å²) in [4.78, 5) is 20.7. The second-order valence-electron chi connectivity index (χ2n) is 7.23. The number of morpholine rings is 1. The lowest BCUT2D eigenvalue weighted by Crippen LogP contribution is -2.40. The molecule has 34 heavy (non-hydrogen) atoms.